The third-order valence-electron chi connectivity index (χ3n) is 5.42. The molecule has 1 atom stereocenters. The summed E-state index contributed by atoms with van der Waals surface area (Å²) in [6, 6.07) is 6.58. The number of aromatic nitrogens is 3. The Morgan fingerprint density at radius 1 is 1.07 bits per heavy atom. The molecule has 0 aliphatic carbocycles. The maximum Gasteiger partial charge on any atom is 0.140 e. The van der Waals surface area contributed by atoms with Crippen LogP contribution in [-0.4, -0.2) is 26.2 Å². The van der Waals surface area contributed by atoms with Crippen LogP contribution in [0.2, 0.25) is 0 Å². The second kappa shape index (κ2) is 7.81. The van der Waals surface area contributed by atoms with Crippen LogP contribution < -0.4 is 0 Å². The van der Waals surface area contributed by atoms with E-state index >= 15 is 0 Å². The standard InChI is InChI=1S/C23H31N3O/c1-7-16-11-18-19(15(5)13-27)12-26(6)23(18)25-22(16)17-9-10-21(14(3)4)24-20(17)8-2/h9-12,14-15,27H,7-8,13H2,1-6H3/t15-/m0/s1. The first-order chi connectivity index (χ1) is 12.9. The first kappa shape index (κ1) is 19.6. The Balaban J connectivity index is 2.25. The van der Waals surface area contributed by atoms with E-state index in [1.54, 1.807) is 0 Å². The van der Waals surface area contributed by atoms with Crippen LogP contribution in [0, 0.1) is 0 Å². The van der Waals surface area contributed by atoms with Crippen molar-refractivity contribution in [1.29, 1.82) is 0 Å². The summed E-state index contributed by atoms with van der Waals surface area (Å²) in [6.07, 6.45) is 3.90. The number of aliphatic hydroxyl groups excluding tert-OH is 1. The van der Waals surface area contributed by atoms with Crippen molar-refractivity contribution in [3.63, 3.8) is 0 Å². The van der Waals surface area contributed by atoms with Crippen molar-refractivity contribution >= 4 is 11.0 Å². The molecule has 0 fully saturated rings. The van der Waals surface area contributed by atoms with Gasteiger partial charge in [-0.05, 0) is 48.1 Å². The van der Waals surface area contributed by atoms with Crippen LogP contribution in [0.5, 0.6) is 0 Å². The average Bonchev–Trinajstić information content (AvgIpc) is 3.01. The highest BCUT2D eigenvalue weighted by Gasteiger charge is 2.19. The maximum atomic E-state index is 9.62. The third-order valence-corrected chi connectivity index (χ3v) is 5.42. The number of aryl methyl sites for hydroxylation is 3. The quantitative estimate of drug-likeness (QED) is 0.670. The van der Waals surface area contributed by atoms with Gasteiger partial charge in [0.15, 0.2) is 0 Å². The highest BCUT2D eigenvalue weighted by Crippen LogP contribution is 2.33. The molecule has 0 bridgehead atoms. The smallest absolute Gasteiger partial charge is 0.140 e. The molecule has 0 saturated heterocycles. The summed E-state index contributed by atoms with van der Waals surface area (Å²) >= 11 is 0. The lowest BCUT2D eigenvalue weighted by Crippen LogP contribution is -2.03. The predicted octanol–water partition coefficient (Wildman–Crippen LogP) is 4.98. The Hall–Kier alpha value is -2.20. The average molecular weight is 366 g/mol. The number of pyridine rings is 2. The minimum absolute atomic E-state index is 0.101. The van der Waals surface area contributed by atoms with E-state index < -0.39 is 0 Å². The SMILES string of the molecule is CCc1cc2c([C@@H](C)CO)cn(C)c2nc1-c1ccc(C(C)C)nc1CC. The Kier molecular flexibility index (Phi) is 5.66. The highest BCUT2D eigenvalue weighted by atomic mass is 16.3. The Morgan fingerprint density at radius 3 is 2.41 bits per heavy atom. The summed E-state index contributed by atoms with van der Waals surface area (Å²) in [5.74, 6) is 0.519. The molecular weight excluding hydrogens is 334 g/mol. The molecular formula is C23H31N3O. The topological polar surface area (TPSA) is 50.9 Å². The number of nitrogens with zero attached hydrogens (tertiary/aromatic N) is 3. The minimum Gasteiger partial charge on any atom is -0.396 e. The zero-order chi connectivity index (χ0) is 19.7. The lowest BCUT2D eigenvalue weighted by atomic mass is 9.96. The molecule has 27 heavy (non-hydrogen) atoms. The molecule has 0 aliphatic rings. The van der Waals surface area contributed by atoms with E-state index in [9.17, 15) is 5.11 Å². The lowest BCUT2D eigenvalue weighted by molar-refractivity contribution is 0.273. The van der Waals surface area contributed by atoms with E-state index in [2.05, 4.69) is 63.6 Å². The van der Waals surface area contributed by atoms with Gasteiger partial charge >= 0.3 is 0 Å². The lowest BCUT2D eigenvalue weighted by Gasteiger charge is -2.15. The van der Waals surface area contributed by atoms with Crippen molar-refractivity contribution in [3.8, 4) is 11.3 Å². The van der Waals surface area contributed by atoms with Gasteiger partial charge in [0.25, 0.3) is 0 Å². The zero-order valence-corrected chi connectivity index (χ0v) is 17.4. The largest absolute Gasteiger partial charge is 0.396 e. The molecule has 3 aromatic rings. The Morgan fingerprint density at radius 2 is 1.81 bits per heavy atom. The molecule has 0 radical (unpaired) electrons. The first-order valence-corrected chi connectivity index (χ1v) is 10.0. The van der Waals surface area contributed by atoms with E-state index in [0.717, 1.165) is 52.1 Å². The van der Waals surface area contributed by atoms with Crippen molar-refractivity contribution in [2.45, 2.75) is 59.3 Å². The minimum atomic E-state index is 0.101. The summed E-state index contributed by atoms with van der Waals surface area (Å²) in [5.41, 5.74) is 7.77. The molecule has 0 aliphatic heterocycles. The van der Waals surface area contributed by atoms with Gasteiger partial charge in [0.05, 0.1) is 5.69 Å². The fourth-order valence-corrected chi connectivity index (χ4v) is 3.68. The summed E-state index contributed by atoms with van der Waals surface area (Å²) in [6.45, 7) is 10.9. The molecule has 0 unspecified atom stereocenters. The van der Waals surface area contributed by atoms with Crippen molar-refractivity contribution < 1.29 is 5.11 Å². The predicted molar refractivity (Wildman–Crippen MR) is 112 cm³/mol. The molecule has 3 heterocycles. The van der Waals surface area contributed by atoms with Gasteiger partial charge in [0, 0.05) is 48.1 Å². The molecule has 1 N–H and O–H groups in total. The van der Waals surface area contributed by atoms with E-state index in [1.165, 1.54) is 5.56 Å². The van der Waals surface area contributed by atoms with Gasteiger partial charge < -0.3 is 9.67 Å². The summed E-state index contributed by atoms with van der Waals surface area (Å²) in [4.78, 5) is 9.99. The monoisotopic (exact) mass is 365 g/mol. The molecule has 4 nitrogen and oxygen atoms in total. The van der Waals surface area contributed by atoms with Gasteiger partial charge in [0.1, 0.15) is 5.65 Å². The van der Waals surface area contributed by atoms with Crippen molar-refractivity contribution in [2.24, 2.45) is 7.05 Å². The molecule has 3 rings (SSSR count). The molecule has 0 aromatic carbocycles. The van der Waals surface area contributed by atoms with Crippen LogP contribution in [0.15, 0.2) is 24.4 Å². The van der Waals surface area contributed by atoms with Gasteiger partial charge in [-0.15, -0.1) is 0 Å². The van der Waals surface area contributed by atoms with Crippen LogP contribution in [0.4, 0.5) is 0 Å². The van der Waals surface area contributed by atoms with Crippen LogP contribution in [0.25, 0.3) is 22.3 Å². The maximum absolute atomic E-state index is 9.62. The fourth-order valence-electron chi connectivity index (χ4n) is 3.68. The van der Waals surface area contributed by atoms with Crippen molar-refractivity contribution in [1.82, 2.24) is 14.5 Å². The van der Waals surface area contributed by atoms with Gasteiger partial charge in [-0.3, -0.25) is 4.98 Å². The summed E-state index contributed by atoms with van der Waals surface area (Å²) < 4.78 is 2.07. The third kappa shape index (κ3) is 3.51. The van der Waals surface area contributed by atoms with Gasteiger partial charge in [-0.2, -0.15) is 0 Å². The highest BCUT2D eigenvalue weighted by molar-refractivity contribution is 5.85. The van der Waals surface area contributed by atoms with Crippen LogP contribution in [-0.2, 0) is 19.9 Å². The fraction of sp³-hybridized carbons (Fsp3) is 0.478. The van der Waals surface area contributed by atoms with Crippen LogP contribution >= 0.6 is 0 Å². The van der Waals surface area contributed by atoms with Gasteiger partial charge in [0.2, 0.25) is 0 Å². The van der Waals surface area contributed by atoms with Crippen LogP contribution in [0.1, 0.15) is 69.0 Å². The Bertz CT molecular complexity index is 956. The normalized spacial score (nSPS) is 12.9. The zero-order valence-electron chi connectivity index (χ0n) is 17.4. The number of rotatable bonds is 6. The molecule has 0 spiro atoms. The summed E-state index contributed by atoms with van der Waals surface area (Å²) in [5, 5.41) is 10.8. The molecule has 4 heteroatoms. The second-order valence-corrected chi connectivity index (χ2v) is 7.74. The van der Waals surface area contributed by atoms with E-state index in [1.807, 2.05) is 7.05 Å². The van der Waals surface area contributed by atoms with Gasteiger partial charge in [-0.1, -0.05) is 34.6 Å². The van der Waals surface area contributed by atoms with Crippen LogP contribution in [0.3, 0.4) is 0 Å². The number of hydrogen-bond acceptors (Lipinski definition) is 3. The first-order valence-electron chi connectivity index (χ1n) is 10.0. The molecule has 0 amide bonds. The van der Waals surface area contributed by atoms with E-state index in [4.69, 9.17) is 9.97 Å². The molecule has 3 aromatic heterocycles. The van der Waals surface area contributed by atoms with Crippen molar-refractivity contribution in [3.05, 3.63) is 46.9 Å². The molecule has 0 saturated carbocycles. The second-order valence-electron chi connectivity index (χ2n) is 7.74. The van der Waals surface area contributed by atoms with Gasteiger partial charge in [-0.25, -0.2) is 4.98 Å². The van der Waals surface area contributed by atoms with E-state index in [0.29, 0.717) is 5.92 Å². The molecule has 144 valence electrons. The Labute approximate surface area is 162 Å². The number of aliphatic hydroxyl groups is 1. The van der Waals surface area contributed by atoms with E-state index in [-0.39, 0.29) is 12.5 Å². The van der Waals surface area contributed by atoms with Crippen molar-refractivity contribution in [2.75, 3.05) is 6.61 Å². The summed E-state index contributed by atoms with van der Waals surface area (Å²) in [7, 11) is 2.03. The number of hydrogen-bond donors (Lipinski definition) is 1. The number of fused-ring (bicyclic) bond motifs is 1.